The number of carbonyl (C=O) groups is 1. The van der Waals surface area contributed by atoms with Gasteiger partial charge in [-0.25, -0.2) is 0 Å². The van der Waals surface area contributed by atoms with Crippen LogP contribution in [0.15, 0.2) is 30.3 Å². The molecule has 2 heteroatoms. The van der Waals surface area contributed by atoms with Crippen LogP contribution in [0.25, 0.3) is 0 Å². The number of hydrogen-bond acceptors (Lipinski definition) is 1. The number of amides is 1. The molecule has 0 aliphatic rings. The molecule has 1 rings (SSSR count). The van der Waals surface area contributed by atoms with E-state index in [4.69, 9.17) is 0 Å². The molecule has 0 radical (unpaired) electrons. The molecule has 0 bridgehead atoms. The highest BCUT2D eigenvalue weighted by Gasteiger charge is 2.07. The van der Waals surface area contributed by atoms with Gasteiger partial charge in [-0.15, -0.1) is 0 Å². The van der Waals surface area contributed by atoms with Crippen molar-refractivity contribution in [3.05, 3.63) is 35.9 Å². The van der Waals surface area contributed by atoms with Crippen molar-refractivity contribution in [3.63, 3.8) is 0 Å². The highest BCUT2D eigenvalue weighted by molar-refractivity contribution is 5.75. The Balaban J connectivity index is 2.34. The second-order valence-electron chi connectivity index (χ2n) is 4.19. The van der Waals surface area contributed by atoms with E-state index in [2.05, 4.69) is 19.1 Å². The van der Waals surface area contributed by atoms with Crippen LogP contribution in [-0.2, 0) is 11.3 Å². The maximum absolute atomic E-state index is 11.7. The van der Waals surface area contributed by atoms with Crippen molar-refractivity contribution >= 4 is 5.91 Å². The van der Waals surface area contributed by atoms with Gasteiger partial charge in [0.2, 0.25) is 5.91 Å². The predicted molar refractivity (Wildman–Crippen MR) is 67.1 cm³/mol. The zero-order valence-electron chi connectivity index (χ0n) is 10.3. The van der Waals surface area contributed by atoms with Gasteiger partial charge in [-0.1, -0.05) is 50.1 Å². The summed E-state index contributed by atoms with van der Waals surface area (Å²) >= 11 is 0. The minimum atomic E-state index is 0.248. The first-order valence-electron chi connectivity index (χ1n) is 6.02. The smallest absolute Gasteiger partial charge is 0.222 e. The SMILES string of the molecule is CCCCCC(=O)N(C)Cc1ccccc1. The molecule has 0 saturated carbocycles. The van der Waals surface area contributed by atoms with Gasteiger partial charge < -0.3 is 4.90 Å². The van der Waals surface area contributed by atoms with Gasteiger partial charge in [0.15, 0.2) is 0 Å². The largest absolute Gasteiger partial charge is 0.341 e. The monoisotopic (exact) mass is 219 g/mol. The van der Waals surface area contributed by atoms with Gasteiger partial charge in [-0.3, -0.25) is 4.79 Å². The summed E-state index contributed by atoms with van der Waals surface area (Å²) in [5.41, 5.74) is 1.19. The fourth-order valence-electron chi connectivity index (χ4n) is 1.66. The first-order valence-corrected chi connectivity index (χ1v) is 6.02. The summed E-state index contributed by atoms with van der Waals surface area (Å²) in [6, 6.07) is 10.1. The van der Waals surface area contributed by atoms with Gasteiger partial charge in [-0.2, -0.15) is 0 Å². The van der Waals surface area contributed by atoms with Crippen molar-refractivity contribution in [1.82, 2.24) is 4.90 Å². The summed E-state index contributed by atoms with van der Waals surface area (Å²) in [7, 11) is 1.88. The van der Waals surface area contributed by atoms with Crippen LogP contribution in [0, 0.1) is 0 Å². The van der Waals surface area contributed by atoms with Crippen LogP contribution in [0.3, 0.4) is 0 Å². The zero-order chi connectivity index (χ0) is 11.8. The topological polar surface area (TPSA) is 20.3 Å². The molecule has 1 aromatic carbocycles. The third kappa shape index (κ3) is 4.47. The minimum absolute atomic E-state index is 0.248. The van der Waals surface area contributed by atoms with Gasteiger partial charge >= 0.3 is 0 Å². The summed E-state index contributed by atoms with van der Waals surface area (Å²) in [6.07, 6.45) is 3.99. The molecule has 0 aromatic heterocycles. The molecule has 0 aliphatic heterocycles. The number of nitrogens with zero attached hydrogens (tertiary/aromatic N) is 1. The average Bonchev–Trinajstić information content (AvgIpc) is 2.30. The molecular weight excluding hydrogens is 198 g/mol. The van der Waals surface area contributed by atoms with E-state index in [9.17, 15) is 4.79 Å². The molecule has 16 heavy (non-hydrogen) atoms. The van der Waals surface area contributed by atoms with E-state index < -0.39 is 0 Å². The number of rotatable bonds is 6. The summed E-state index contributed by atoms with van der Waals surface area (Å²) in [4.78, 5) is 13.6. The van der Waals surface area contributed by atoms with Crippen molar-refractivity contribution < 1.29 is 4.79 Å². The summed E-state index contributed by atoms with van der Waals surface area (Å²) < 4.78 is 0. The molecule has 0 unspecified atom stereocenters. The second kappa shape index (κ2) is 7.04. The van der Waals surface area contributed by atoms with Crippen LogP contribution >= 0.6 is 0 Å². The molecule has 1 aromatic rings. The lowest BCUT2D eigenvalue weighted by Gasteiger charge is -2.17. The Hall–Kier alpha value is -1.31. The lowest BCUT2D eigenvalue weighted by Crippen LogP contribution is -2.25. The molecular formula is C14H21NO. The van der Waals surface area contributed by atoms with E-state index in [1.165, 1.54) is 5.56 Å². The molecule has 0 N–H and O–H groups in total. The van der Waals surface area contributed by atoms with Crippen LogP contribution in [0.4, 0.5) is 0 Å². The summed E-state index contributed by atoms with van der Waals surface area (Å²) in [5, 5.41) is 0. The Kier molecular flexibility index (Phi) is 5.62. The van der Waals surface area contributed by atoms with Crippen molar-refractivity contribution in [3.8, 4) is 0 Å². The normalized spacial score (nSPS) is 10.1. The van der Waals surface area contributed by atoms with E-state index in [0.29, 0.717) is 13.0 Å². The Morgan fingerprint density at radius 1 is 1.19 bits per heavy atom. The third-order valence-corrected chi connectivity index (χ3v) is 2.68. The zero-order valence-corrected chi connectivity index (χ0v) is 10.3. The third-order valence-electron chi connectivity index (χ3n) is 2.68. The van der Waals surface area contributed by atoms with Crippen LogP contribution in [0.1, 0.15) is 38.2 Å². The molecule has 0 fully saturated rings. The van der Waals surface area contributed by atoms with Gasteiger partial charge in [0.05, 0.1) is 0 Å². The number of carbonyl (C=O) groups excluding carboxylic acids is 1. The van der Waals surface area contributed by atoms with E-state index >= 15 is 0 Å². The number of benzene rings is 1. The molecule has 0 saturated heterocycles. The Morgan fingerprint density at radius 3 is 2.50 bits per heavy atom. The average molecular weight is 219 g/mol. The van der Waals surface area contributed by atoms with E-state index in [1.807, 2.05) is 30.1 Å². The Bertz CT molecular complexity index is 308. The van der Waals surface area contributed by atoms with Crippen molar-refractivity contribution in [2.75, 3.05) is 7.05 Å². The van der Waals surface area contributed by atoms with E-state index in [0.717, 1.165) is 19.3 Å². The fraction of sp³-hybridized carbons (Fsp3) is 0.500. The van der Waals surface area contributed by atoms with E-state index in [1.54, 1.807) is 0 Å². The molecule has 88 valence electrons. The number of unbranched alkanes of at least 4 members (excludes halogenated alkanes) is 2. The molecule has 0 spiro atoms. The van der Waals surface area contributed by atoms with Crippen LogP contribution < -0.4 is 0 Å². The van der Waals surface area contributed by atoms with Gasteiger partial charge in [0.25, 0.3) is 0 Å². The second-order valence-corrected chi connectivity index (χ2v) is 4.19. The molecule has 0 atom stereocenters. The highest BCUT2D eigenvalue weighted by Crippen LogP contribution is 2.06. The fourth-order valence-corrected chi connectivity index (χ4v) is 1.66. The van der Waals surface area contributed by atoms with Crippen molar-refractivity contribution in [2.45, 2.75) is 39.2 Å². The summed E-state index contributed by atoms with van der Waals surface area (Å²) in [5.74, 6) is 0.248. The quantitative estimate of drug-likeness (QED) is 0.673. The maximum Gasteiger partial charge on any atom is 0.222 e. The molecule has 0 aliphatic carbocycles. The molecule has 2 nitrogen and oxygen atoms in total. The Labute approximate surface area is 98.3 Å². The van der Waals surface area contributed by atoms with Crippen LogP contribution in [0.2, 0.25) is 0 Å². The molecule has 0 heterocycles. The van der Waals surface area contributed by atoms with Crippen LogP contribution in [-0.4, -0.2) is 17.9 Å². The van der Waals surface area contributed by atoms with Gasteiger partial charge in [0.1, 0.15) is 0 Å². The summed E-state index contributed by atoms with van der Waals surface area (Å²) in [6.45, 7) is 2.87. The van der Waals surface area contributed by atoms with E-state index in [-0.39, 0.29) is 5.91 Å². The first-order chi connectivity index (χ1) is 7.74. The van der Waals surface area contributed by atoms with Crippen LogP contribution in [0.5, 0.6) is 0 Å². The first kappa shape index (κ1) is 12.8. The molecule has 1 amide bonds. The number of hydrogen-bond donors (Lipinski definition) is 0. The lowest BCUT2D eigenvalue weighted by molar-refractivity contribution is -0.130. The highest BCUT2D eigenvalue weighted by atomic mass is 16.2. The minimum Gasteiger partial charge on any atom is -0.341 e. The van der Waals surface area contributed by atoms with Crippen molar-refractivity contribution in [1.29, 1.82) is 0 Å². The Morgan fingerprint density at radius 2 is 1.88 bits per heavy atom. The lowest BCUT2D eigenvalue weighted by atomic mass is 10.1. The van der Waals surface area contributed by atoms with Crippen molar-refractivity contribution in [2.24, 2.45) is 0 Å². The predicted octanol–water partition coefficient (Wildman–Crippen LogP) is 3.23. The maximum atomic E-state index is 11.7. The standard InChI is InChI=1S/C14H21NO/c1-3-4-6-11-14(16)15(2)12-13-9-7-5-8-10-13/h5,7-10H,3-4,6,11-12H2,1-2H3. The van der Waals surface area contributed by atoms with Gasteiger partial charge in [-0.05, 0) is 12.0 Å². The van der Waals surface area contributed by atoms with Gasteiger partial charge in [0, 0.05) is 20.0 Å².